The van der Waals surface area contributed by atoms with Crippen molar-refractivity contribution in [1.82, 2.24) is 4.90 Å². The maximum Gasteiger partial charge on any atom is 0.371 e. The predicted octanol–water partition coefficient (Wildman–Crippen LogP) is 1.15. The lowest BCUT2D eigenvalue weighted by Gasteiger charge is -2.32. The Balaban J connectivity index is 4.79. The van der Waals surface area contributed by atoms with Gasteiger partial charge in [0.25, 0.3) is 5.08 Å². The highest BCUT2D eigenvalue weighted by Gasteiger charge is 2.60. The Kier molecular flexibility index (Phi) is 8.10. The topological polar surface area (TPSA) is 128 Å². The first-order valence-electron chi connectivity index (χ1n) is 6.37. The molecule has 0 saturated heterocycles. The van der Waals surface area contributed by atoms with Crippen LogP contribution in [0.1, 0.15) is 32.6 Å². The number of aliphatic hydroxyl groups is 1. The molecule has 4 N–H and O–H groups in total. The first-order valence-corrected chi connectivity index (χ1v) is 9.56. The van der Waals surface area contributed by atoms with Crippen LogP contribution in [-0.4, -0.2) is 57.0 Å². The summed E-state index contributed by atoms with van der Waals surface area (Å²) in [5, 5.41) is 6.89. The third kappa shape index (κ3) is 5.20. The van der Waals surface area contributed by atoms with Crippen molar-refractivity contribution in [3.63, 3.8) is 0 Å². The number of hydrogen-bond acceptors (Lipinski definition) is 5. The molecule has 0 aliphatic rings. The molecule has 0 heterocycles. The van der Waals surface area contributed by atoms with Gasteiger partial charge in [0.2, 0.25) is 0 Å². The zero-order valence-electron chi connectivity index (χ0n) is 12.1. The van der Waals surface area contributed by atoms with Crippen LogP contribution in [0.25, 0.3) is 0 Å². The fraction of sp³-hybridized carbons (Fsp3) is 1.00. The van der Waals surface area contributed by atoms with Crippen LogP contribution < -0.4 is 0 Å². The van der Waals surface area contributed by atoms with Gasteiger partial charge in [-0.05, 0) is 20.0 Å². The Hall–Kier alpha value is 0.220. The van der Waals surface area contributed by atoms with Gasteiger partial charge in [-0.15, -0.1) is 0 Å². The molecule has 0 aliphatic heterocycles. The van der Waals surface area contributed by atoms with Crippen molar-refractivity contribution < 1.29 is 33.4 Å². The molecule has 0 aromatic rings. The molecule has 20 heavy (non-hydrogen) atoms. The van der Waals surface area contributed by atoms with Gasteiger partial charge >= 0.3 is 15.2 Å². The Morgan fingerprint density at radius 2 is 1.70 bits per heavy atom. The van der Waals surface area contributed by atoms with Crippen molar-refractivity contribution in [3.8, 4) is 0 Å². The second-order valence-electron chi connectivity index (χ2n) is 4.78. The minimum Gasteiger partial charge on any atom is -0.367 e. The lowest BCUT2D eigenvalue weighted by atomic mass is 10.2. The molecule has 0 aromatic carbocycles. The van der Waals surface area contributed by atoms with E-state index < -0.39 is 26.7 Å². The number of rotatable bonds is 10. The van der Waals surface area contributed by atoms with Crippen LogP contribution in [0.3, 0.4) is 0 Å². The quantitative estimate of drug-likeness (QED) is 0.346. The lowest BCUT2D eigenvalue weighted by molar-refractivity contribution is 0.106. The largest absolute Gasteiger partial charge is 0.371 e. The molecule has 0 saturated carbocycles. The molecule has 122 valence electrons. The average Bonchev–Trinajstić information content (AvgIpc) is 2.34. The maximum atomic E-state index is 11.7. The molecule has 0 rings (SSSR count). The van der Waals surface area contributed by atoms with Crippen molar-refractivity contribution in [2.24, 2.45) is 0 Å². The smallest absolute Gasteiger partial charge is 0.367 e. The van der Waals surface area contributed by atoms with Crippen molar-refractivity contribution in [2.75, 3.05) is 27.2 Å². The summed E-state index contributed by atoms with van der Waals surface area (Å²) < 4.78 is 27.3. The molecule has 0 aliphatic carbocycles. The van der Waals surface area contributed by atoms with Crippen LogP contribution in [0.4, 0.5) is 0 Å². The molecule has 8 nitrogen and oxygen atoms in total. The normalized spacial score (nSPS) is 18.8. The van der Waals surface area contributed by atoms with Crippen molar-refractivity contribution in [1.29, 1.82) is 0 Å². The van der Waals surface area contributed by atoms with E-state index in [4.69, 9.17) is 9.79 Å². The minimum absolute atomic E-state index is 0.0687. The Morgan fingerprint density at radius 1 is 1.15 bits per heavy atom. The van der Waals surface area contributed by atoms with Gasteiger partial charge in [0.05, 0.1) is 0 Å². The first kappa shape index (κ1) is 20.2. The standard InChI is InChI=1S/C10H25NO7P2/c1-4-5-6-8-11(2)9-7-10(12,19(13,14)15)20(16,17)18-3/h12H,4-9H2,1-3H3,(H,16,17)(H2,13,14,15). The Bertz CT molecular complexity index is 386. The molecule has 0 bridgehead atoms. The van der Waals surface area contributed by atoms with E-state index in [9.17, 15) is 19.1 Å². The number of hydrogen-bond donors (Lipinski definition) is 4. The molecule has 0 aromatic heterocycles. The van der Waals surface area contributed by atoms with Crippen LogP contribution in [0.5, 0.6) is 0 Å². The Labute approximate surface area is 119 Å². The number of unbranched alkanes of at least 4 members (excludes halogenated alkanes) is 2. The highest BCUT2D eigenvalue weighted by atomic mass is 31.2. The summed E-state index contributed by atoms with van der Waals surface area (Å²) in [5.74, 6) is 0. The van der Waals surface area contributed by atoms with Gasteiger partial charge in [0.15, 0.2) is 0 Å². The second kappa shape index (κ2) is 8.01. The van der Waals surface area contributed by atoms with E-state index in [1.165, 1.54) is 0 Å². The molecule has 2 atom stereocenters. The van der Waals surface area contributed by atoms with Gasteiger partial charge < -0.3 is 29.2 Å². The monoisotopic (exact) mass is 333 g/mol. The molecular weight excluding hydrogens is 308 g/mol. The first-order chi connectivity index (χ1) is 9.02. The minimum atomic E-state index is -5.22. The van der Waals surface area contributed by atoms with Crippen LogP contribution >= 0.6 is 15.2 Å². The zero-order chi connectivity index (χ0) is 16.0. The molecular formula is C10H25NO7P2. The summed E-state index contributed by atoms with van der Waals surface area (Å²) in [5.41, 5.74) is 0. The molecule has 0 spiro atoms. The second-order valence-corrected chi connectivity index (χ2v) is 9.11. The van der Waals surface area contributed by atoms with Gasteiger partial charge in [0.1, 0.15) is 0 Å². The van der Waals surface area contributed by atoms with Crippen LogP contribution in [0, 0.1) is 0 Å². The lowest BCUT2D eigenvalue weighted by Crippen LogP contribution is -2.34. The van der Waals surface area contributed by atoms with Gasteiger partial charge in [-0.2, -0.15) is 0 Å². The van der Waals surface area contributed by atoms with Gasteiger partial charge in [-0.3, -0.25) is 9.13 Å². The van der Waals surface area contributed by atoms with Gasteiger partial charge in [0, 0.05) is 20.1 Å². The van der Waals surface area contributed by atoms with Gasteiger partial charge in [-0.25, -0.2) is 0 Å². The number of nitrogens with zero attached hydrogens (tertiary/aromatic N) is 1. The van der Waals surface area contributed by atoms with Crippen LogP contribution in [0.2, 0.25) is 0 Å². The van der Waals surface area contributed by atoms with Crippen molar-refractivity contribution in [3.05, 3.63) is 0 Å². The van der Waals surface area contributed by atoms with Crippen molar-refractivity contribution >= 4 is 15.2 Å². The highest BCUT2D eigenvalue weighted by molar-refractivity contribution is 7.72. The summed E-state index contributed by atoms with van der Waals surface area (Å²) in [6.07, 6.45) is 2.41. The van der Waals surface area contributed by atoms with E-state index in [0.717, 1.165) is 26.4 Å². The molecule has 10 heteroatoms. The van der Waals surface area contributed by atoms with Crippen LogP contribution in [0.15, 0.2) is 0 Å². The summed E-state index contributed by atoms with van der Waals surface area (Å²) in [6.45, 7) is 2.79. The van der Waals surface area contributed by atoms with E-state index in [1.54, 1.807) is 11.9 Å². The highest BCUT2D eigenvalue weighted by Crippen LogP contribution is 2.71. The van der Waals surface area contributed by atoms with E-state index >= 15 is 0 Å². The molecule has 0 fully saturated rings. The average molecular weight is 333 g/mol. The summed E-state index contributed by atoms with van der Waals surface area (Å²) in [7, 11) is -7.52. The third-order valence-electron chi connectivity index (χ3n) is 3.14. The maximum absolute atomic E-state index is 11.7. The molecule has 0 radical (unpaired) electrons. The van der Waals surface area contributed by atoms with E-state index in [1.807, 2.05) is 6.92 Å². The van der Waals surface area contributed by atoms with Crippen molar-refractivity contribution in [2.45, 2.75) is 37.7 Å². The van der Waals surface area contributed by atoms with Crippen LogP contribution in [-0.2, 0) is 13.7 Å². The predicted molar refractivity (Wildman–Crippen MR) is 75.5 cm³/mol. The van der Waals surface area contributed by atoms with Gasteiger partial charge in [-0.1, -0.05) is 19.8 Å². The SMILES string of the molecule is CCCCCN(C)CCC(O)(P(=O)(O)O)P(=O)(O)OC. The summed E-state index contributed by atoms with van der Waals surface area (Å²) in [6, 6.07) is 0. The fourth-order valence-electron chi connectivity index (χ4n) is 1.68. The van der Waals surface area contributed by atoms with E-state index in [-0.39, 0.29) is 6.54 Å². The molecule has 0 amide bonds. The molecule has 2 unspecified atom stereocenters. The fourth-order valence-corrected chi connectivity index (χ4v) is 4.31. The summed E-state index contributed by atoms with van der Waals surface area (Å²) >= 11 is 0. The Morgan fingerprint density at radius 3 is 2.10 bits per heavy atom. The van der Waals surface area contributed by atoms with E-state index in [2.05, 4.69) is 4.52 Å². The third-order valence-corrected chi connectivity index (χ3v) is 7.46. The zero-order valence-corrected chi connectivity index (χ0v) is 13.9. The van der Waals surface area contributed by atoms with E-state index in [0.29, 0.717) is 6.54 Å². The summed E-state index contributed by atoms with van der Waals surface area (Å²) in [4.78, 5) is 29.5.